The number of ether oxygens (including phenoxy) is 2. The SMILES string of the molecule is C=C(C[C@H](C(=O)N(C)[C@@H]([C@@H](C)CC)[C@@H](CC(=O)N1CCC[C@H]1[C@H](OC)[C@@H](C)C(=O)C[C@@H](Cc1ccccc1)C(=O)NCc1ccc(NC(=O)[C@H](CCCNC(N)=O)CC(=O)[C@@H](NC(=O)CCCC#Cc2cnc(SC)nc2)C(C)C)cc1)OC)C(C)C)[C@H](C(C)C)N(C)C. The van der Waals surface area contributed by atoms with Crippen LogP contribution in [0.25, 0.3) is 0 Å². The second kappa shape index (κ2) is 40.4. The lowest BCUT2D eigenvalue weighted by Gasteiger charge is -2.41. The van der Waals surface area contributed by atoms with E-state index in [1.807, 2.05) is 88.3 Å². The van der Waals surface area contributed by atoms with Gasteiger partial charge >= 0.3 is 6.03 Å². The number of urea groups is 1. The number of amides is 7. The molecule has 1 aromatic heterocycles. The van der Waals surface area contributed by atoms with Crippen molar-refractivity contribution in [3.63, 3.8) is 0 Å². The fourth-order valence-corrected chi connectivity index (χ4v) is 13.3. The van der Waals surface area contributed by atoms with Crippen LogP contribution in [0.15, 0.2) is 84.3 Å². The molecule has 0 saturated carbocycles. The van der Waals surface area contributed by atoms with Gasteiger partial charge in [0.05, 0.1) is 42.3 Å². The highest BCUT2D eigenvalue weighted by atomic mass is 32.2. The first-order valence-corrected chi connectivity index (χ1v) is 34.8. The topological polar surface area (TPSA) is 265 Å². The van der Waals surface area contributed by atoms with Crippen LogP contribution < -0.4 is 27.0 Å². The summed E-state index contributed by atoms with van der Waals surface area (Å²) in [7, 11) is 9.08. The van der Waals surface area contributed by atoms with Crippen molar-refractivity contribution in [3.05, 3.63) is 95.8 Å². The number of benzene rings is 2. The van der Waals surface area contributed by atoms with E-state index in [1.54, 1.807) is 50.9 Å². The van der Waals surface area contributed by atoms with Gasteiger partial charge in [-0.2, -0.15) is 0 Å². The molecule has 21 heteroatoms. The van der Waals surface area contributed by atoms with Gasteiger partial charge in [-0.15, -0.1) is 0 Å². The minimum absolute atomic E-state index is 0.000314. The largest absolute Gasteiger partial charge is 0.379 e. The number of likely N-dealkylation sites (N-methyl/N-ethyl adjacent to an activating group) is 2. The number of nitrogens with zero attached hydrogens (tertiary/aromatic N) is 5. The molecule has 1 fully saturated rings. The van der Waals surface area contributed by atoms with Gasteiger partial charge in [-0.25, -0.2) is 14.8 Å². The van der Waals surface area contributed by atoms with Gasteiger partial charge in [0.25, 0.3) is 0 Å². The number of unbranched alkanes of at least 4 members (excludes halogenated alkanes) is 1. The number of nitrogens with one attached hydrogen (secondary N) is 4. The number of methoxy groups -OCH3 is 2. The molecule has 1 aliphatic rings. The molecule has 518 valence electrons. The summed E-state index contributed by atoms with van der Waals surface area (Å²) in [6.45, 7) is 23.4. The summed E-state index contributed by atoms with van der Waals surface area (Å²) in [6.07, 6.45) is 8.31. The van der Waals surface area contributed by atoms with Crippen LogP contribution in [0.3, 0.4) is 0 Å². The lowest BCUT2D eigenvalue weighted by molar-refractivity contribution is -0.148. The Balaban J connectivity index is 1.43. The lowest BCUT2D eigenvalue weighted by Crippen LogP contribution is -2.54. The third-order valence-electron chi connectivity index (χ3n) is 18.3. The van der Waals surface area contributed by atoms with E-state index in [1.165, 1.54) is 11.8 Å². The molecule has 0 spiro atoms. The first kappa shape index (κ1) is 79.4. The monoisotopic (exact) mass is 1320 g/mol. The van der Waals surface area contributed by atoms with Gasteiger partial charge in [-0.3, -0.25) is 33.6 Å². The van der Waals surface area contributed by atoms with E-state index in [4.69, 9.17) is 15.2 Å². The van der Waals surface area contributed by atoms with Crippen LogP contribution in [-0.4, -0.2) is 163 Å². The number of likely N-dealkylation sites (tertiary alicyclic amines) is 1. The zero-order chi connectivity index (χ0) is 69.8. The molecule has 3 aromatic rings. The average molecular weight is 1320 g/mol. The van der Waals surface area contributed by atoms with E-state index < -0.39 is 60.0 Å². The Labute approximate surface area is 565 Å². The summed E-state index contributed by atoms with van der Waals surface area (Å²) >= 11 is 1.43. The quantitative estimate of drug-likeness (QED) is 0.0117. The van der Waals surface area contributed by atoms with E-state index in [9.17, 15) is 38.4 Å². The normalized spacial score (nSPS) is 16.3. The molecule has 11 atom stereocenters. The van der Waals surface area contributed by atoms with E-state index in [0.717, 1.165) is 23.1 Å². The second-order valence-corrected chi connectivity index (χ2v) is 27.4. The highest BCUT2D eigenvalue weighted by molar-refractivity contribution is 7.98. The highest BCUT2D eigenvalue weighted by Gasteiger charge is 2.43. The summed E-state index contributed by atoms with van der Waals surface area (Å²) < 4.78 is 12.3. The molecular formula is C73H110N10O10S. The van der Waals surface area contributed by atoms with Crippen LogP contribution >= 0.6 is 11.8 Å². The van der Waals surface area contributed by atoms with Gasteiger partial charge < -0.3 is 51.2 Å². The standard InChI is InChI=1S/C73H110N10O10S/c1-17-49(8)67(82(13)71(90)58(46(2)3)38-50(9)66(48(6)7)81(11)12)62(92-14)42-64(87)83-37-25-30-59(83)68(93-15)51(10)60(84)41-56(39-52-26-20-18-21-27-52)69(88)76-43-53-32-34-57(35-33-53)79-70(89)55(29-24-36-75-72(74)91)40-61(85)65(47(4)5)80-63(86)31-23-19-22-28-54-44-77-73(94-16)78-45-54/h18,20-21,26-27,32-35,44-49,51,55-56,58-59,62,65-68H,9,17,19,23-25,29-31,36-43H2,1-8,10-16H3,(H,76,88)(H,79,89)(H,80,86)(H3,74,75,91)/t49-,51-,55+,56+,58-,59-,62+,65-,66-,67-,68+/m0/s1. The molecule has 6 N–H and O–H groups in total. The summed E-state index contributed by atoms with van der Waals surface area (Å²) in [5.74, 6) is 1.93. The van der Waals surface area contributed by atoms with E-state index in [2.05, 4.69) is 96.1 Å². The first-order valence-electron chi connectivity index (χ1n) is 33.6. The minimum atomic E-state index is -0.842. The zero-order valence-electron chi connectivity index (χ0n) is 58.8. The van der Waals surface area contributed by atoms with Crippen LogP contribution in [0.1, 0.15) is 156 Å². The average Bonchev–Trinajstić information content (AvgIpc) is 1.48. The van der Waals surface area contributed by atoms with Crippen LogP contribution in [0.4, 0.5) is 10.5 Å². The van der Waals surface area contributed by atoms with Gasteiger partial charge in [0.2, 0.25) is 29.5 Å². The van der Waals surface area contributed by atoms with E-state index >= 15 is 0 Å². The number of nitrogens with two attached hydrogens (primary N) is 1. The predicted octanol–water partition coefficient (Wildman–Crippen LogP) is 9.68. The van der Waals surface area contributed by atoms with Gasteiger partial charge in [0.1, 0.15) is 5.78 Å². The van der Waals surface area contributed by atoms with Crippen molar-refractivity contribution in [2.75, 3.05) is 60.0 Å². The Kier molecular flexibility index (Phi) is 34.2. The van der Waals surface area contributed by atoms with Crippen molar-refractivity contribution >= 4 is 64.6 Å². The van der Waals surface area contributed by atoms with Crippen molar-refractivity contribution in [1.29, 1.82) is 0 Å². The molecule has 7 amide bonds. The number of Topliss-reactive ketones (excluding diaryl/α,β-unsaturated/α-hetero) is 2. The van der Waals surface area contributed by atoms with Crippen molar-refractivity contribution in [1.82, 2.24) is 40.6 Å². The maximum atomic E-state index is 14.7. The first-order chi connectivity index (χ1) is 44.6. The smallest absolute Gasteiger partial charge is 0.312 e. The van der Waals surface area contributed by atoms with Gasteiger partial charge in [0, 0.05) is 114 Å². The highest BCUT2D eigenvalue weighted by Crippen LogP contribution is 2.34. The molecule has 1 saturated heterocycles. The summed E-state index contributed by atoms with van der Waals surface area (Å²) in [5.41, 5.74) is 9.05. The van der Waals surface area contributed by atoms with Gasteiger partial charge in [-0.1, -0.05) is 147 Å². The third kappa shape index (κ3) is 25.0. The number of primary amides is 1. The molecule has 2 aromatic carbocycles. The van der Waals surface area contributed by atoms with Gasteiger partial charge in [0.15, 0.2) is 10.9 Å². The van der Waals surface area contributed by atoms with Crippen LogP contribution in [-0.2, 0) is 56.0 Å². The molecule has 0 unspecified atom stereocenters. The number of thioether (sulfide) groups is 1. The number of anilines is 1. The van der Waals surface area contributed by atoms with Crippen LogP contribution in [0.2, 0.25) is 0 Å². The molecule has 0 radical (unpaired) electrons. The Hall–Kier alpha value is -6.99. The van der Waals surface area contributed by atoms with Crippen molar-refractivity contribution in [2.24, 2.45) is 53.1 Å². The molecule has 0 aliphatic carbocycles. The maximum absolute atomic E-state index is 14.7. The van der Waals surface area contributed by atoms with E-state index in [0.29, 0.717) is 73.8 Å². The fraction of sp³-hybridized carbons (Fsp3) is 0.616. The summed E-state index contributed by atoms with van der Waals surface area (Å²) in [6, 6.07) is 14.2. The number of carbonyl (C=O) groups is 8. The molecular weight excluding hydrogens is 1210 g/mol. The molecule has 4 rings (SSSR count). The molecule has 20 nitrogen and oxygen atoms in total. The maximum Gasteiger partial charge on any atom is 0.312 e. The Morgan fingerprint density at radius 1 is 0.787 bits per heavy atom. The number of rotatable bonds is 40. The number of carbonyl (C=O) groups excluding carboxylic acids is 8. The number of ketones is 2. The Morgan fingerprint density at radius 3 is 2.02 bits per heavy atom. The minimum Gasteiger partial charge on any atom is -0.379 e. The zero-order valence-corrected chi connectivity index (χ0v) is 59.6. The lowest BCUT2D eigenvalue weighted by atomic mass is 9.82. The number of hydrogen-bond donors (Lipinski definition) is 5. The molecule has 2 heterocycles. The van der Waals surface area contributed by atoms with Crippen molar-refractivity contribution < 1.29 is 47.8 Å². The fourth-order valence-electron chi connectivity index (χ4n) is 13.0. The summed E-state index contributed by atoms with van der Waals surface area (Å²) in [4.78, 5) is 125. The molecule has 94 heavy (non-hydrogen) atoms. The van der Waals surface area contributed by atoms with Crippen LogP contribution in [0, 0.1) is 59.2 Å². The van der Waals surface area contributed by atoms with E-state index in [-0.39, 0.29) is 110 Å². The molecule has 0 bridgehead atoms. The second-order valence-electron chi connectivity index (χ2n) is 26.6. The van der Waals surface area contributed by atoms with Gasteiger partial charge in [-0.05, 0) is 112 Å². The number of aromatic nitrogens is 2. The Morgan fingerprint density at radius 2 is 1.45 bits per heavy atom. The number of hydrogen-bond acceptors (Lipinski definition) is 14. The van der Waals surface area contributed by atoms with Crippen molar-refractivity contribution in [3.8, 4) is 11.8 Å². The molecule has 1 aliphatic heterocycles. The van der Waals surface area contributed by atoms with Crippen molar-refractivity contribution in [2.45, 2.75) is 194 Å². The third-order valence-corrected chi connectivity index (χ3v) is 18.9. The summed E-state index contributed by atoms with van der Waals surface area (Å²) in [5, 5.41) is 12.0. The van der Waals surface area contributed by atoms with Crippen LogP contribution in [0.5, 0.6) is 0 Å². The predicted molar refractivity (Wildman–Crippen MR) is 372 cm³/mol. The Bertz CT molecular complexity index is 2980.